The molecule has 8 nitrogen and oxygen atoms in total. The monoisotopic (exact) mass is 403 g/mol. The normalized spacial score (nSPS) is 18.0. The van der Waals surface area contributed by atoms with Gasteiger partial charge in [-0.05, 0) is 24.3 Å². The molecule has 0 saturated carbocycles. The number of benzene rings is 1. The molecule has 1 amide bonds. The molecule has 1 aromatic carbocycles. The highest BCUT2D eigenvalue weighted by atomic mass is 32.2. The maximum Gasteiger partial charge on any atom is 0.243 e. The third-order valence-electron chi connectivity index (χ3n) is 4.29. The van der Waals surface area contributed by atoms with E-state index in [0.717, 1.165) is 0 Å². The molecule has 1 heterocycles. The van der Waals surface area contributed by atoms with Gasteiger partial charge in [-0.25, -0.2) is 16.8 Å². The van der Waals surface area contributed by atoms with E-state index in [1.54, 1.807) is 30.9 Å². The van der Waals surface area contributed by atoms with Crippen LogP contribution in [-0.4, -0.2) is 76.2 Å². The molecule has 0 spiro atoms. The summed E-state index contributed by atoms with van der Waals surface area (Å²) in [5.74, 6) is -0.125. The number of hydrogen-bond donors (Lipinski definition) is 1. The number of amides is 1. The second-order valence-electron chi connectivity index (χ2n) is 6.09. The van der Waals surface area contributed by atoms with Crippen LogP contribution in [0.2, 0.25) is 0 Å². The second-order valence-corrected chi connectivity index (χ2v) is 10.3. The molecule has 26 heavy (non-hydrogen) atoms. The first-order valence-corrected chi connectivity index (χ1v) is 11.8. The molecule has 10 heteroatoms. The van der Waals surface area contributed by atoms with Crippen LogP contribution in [0.1, 0.15) is 13.8 Å². The van der Waals surface area contributed by atoms with Crippen molar-refractivity contribution in [3.63, 3.8) is 0 Å². The van der Waals surface area contributed by atoms with E-state index >= 15 is 0 Å². The summed E-state index contributed by atoms with van der Waals surface area (Å²) in [5.41, 5.74) is 0.498. The number of anilines is 1. The molecule has 146 valence electrons. The first kappa shape index (κ1) is 20.8. The molecule has 1 saturated heterocycles. The summed E-state index contributed by atoms with van der Waals surface area (Å²) in [7, 11) is -6.50. The molecule has 0 unspecified atom stereocenters. The zero-order chi connectivity index (χ0) is 19.4. The predicted molar refractivity (Wildman–Crippen MR) is 100 cm³/mol. The molecular formula is C16H25N3O5S2. The van der Waals surface area contributed by atoms with Crippen LogP contribution in [0.25, 0.3) is 0 Å². The van der Waals surface area contributed by atoms with E-state index in [1.165, 1.54) is 16.4 Å². The van der Waals surface area contributed by atoms with Gasteiger partial charge in [0.2, 0.25) is 15.9 Å². The number of nitrogens with one attached hydrogen (secondary N) is 1. The molecule has 1 N–H and O–H groups in total. The first-order valence-electron chi connectivity index (χ1n) is 8.51. The molecule has 1 aliphatic heterocycles. The minimum Gasteiger partial charge on any atom is -0.325 e. The summed E-state index contributed by atoms with van der Waals surface area (Å²) in [6.07, 6.45) is 0. The van der Waals surface area contributed by atoms with Gasteiger partial charge in [0.05, 0.1) is 22.9 Å². The highest BCUT2D eigenvalue weighted by molar-refractivity contribution is 7.91. The molecule has 2 rings (SSSR count). The molecule has 1 aliphatic rings. The van der Waals surface area contributed by atoms with E-state index in [0.29, 0.717) is 31.9 Å². The Kier molecular flexibility index (Phi) is 6.78. The SMILES string of the molecule is CCN(CC)S(=O)(=O)c1ccc(NC(=O)CN2CCS(=O)(=O)CC2)cc1. The van der Waals surface area contributed by atoms with E-state index in [-0.39, 0.29) is 28.9 Å². The molecule has 0 bridgehead atoms. The van der Waals surface area contributed by atoms with Crippen molar-refractivity contribution in [3.05, 3.63) is 24.3 Å². The Morgan fingerprint density at radius 2 is 1.65 bits per heavy atom. The van der Waals surface area contributed by atoms with Crippen molar-refractivity contribution in [3.8, 4) is 0 Å². The van der Waals surface area contributed by atoms with Crippen LogP contribution in [0.3, 0.4) is 0 Å². The standard InChI is InChI=1S/C16H25N3O5S2/c1-3-19(4-2)26(23,24)15-7-5-14(6-8-15)17-16(20)13-18-9-11-25(21,22)12-10-18/h5-8H,3-4,9-13H2,1-2H3,(H,17,20). The molecule has 0 aliphatic carbocycles. The molecule has 0 aromatic heterocycles. The van der Waals surface area contributed by atoms with Crippen LogP contribution in [0, 0.1) is 0 Å². The summed E-state index contributed by atoms with van der Waals surface area (Å²) in [6, 6.07) is 6.04. The minimum absolute atomic E-state index is 0.0677. The number of sulfone groups is 1. The van der Waals surface area contributed by atoms with Crippen LogP contribution in [0.4, 0.5) is 5.69 Å². The van der Waals surface area contributed by atoms with Gasteiger partial charge in [0.15, 0.2) is 9.84 Å². The van der Waals surface area contributed by atoms with Gasteiger partial charge >= 0.3 is 0 Å². The van der Waals surface area contributed by atoms with Crippen molar-refractivity contribution in [2.75, 3.05) is 49.5 Å². The molecular weight excluding hydrogens is 378 g/mol. The zero-order valence-corrected chi connectivity index (χ0v) is 16.6. The Balaban J connectivity index is 1.96. The van der Waals surface area contributed by atoms with Gasteiger partial charge < -0.3 is 5.32 Å². The largest absolute Gasteiger partial charge is 0.325 e. The average Bonchev–Trinajstić information content (AvgIpc) is 2.58. The lowest BCUT2D eigenvalue weighted by Gasteiger charge is -2.25. The topological polar surface area (TPSA) is 104 Å². The number of hydrogen-bond acceptors (Lipinski definition) is 6. The molecule has 0 radical (unpaired) electrons. The Labute approximate surface area is 155 Å². The fraction of sp³-hybridized carbons (Fsp3) is 0.562. The van der Waals surface area contributed by atoms with Gasteiger partial charge in [-0.1, -0.05) is 13.8 Å². The number of nitrogens with zero attached hydrogens (tertiary/aromatic N) is 2. The number of sulfonamides is 1. The minimum atomic E-state index is -3.52. The maximum atomic E-state index is 12.4. The van der Waals surface area contributed by atoms with Gasteiger partial charge in [0, 0.05) is 31.9 Å². The lowest BCUT2D eigenvalue weighted by Crippen LogP contribution is -2.43. The summed E-state index contributed by atoms with van der Waals surface area (Å²) >= 11 is 0. The van der Waals surface area contributed by atoms with E-state index in [1.807, 2.05) is 0 Å². The van der Waals surface area contributed by atoms with E-state index in [9.17, 15) is 21.6 Å². The van der Waals surface area contributed by atoms with Gasteiger partial charge in [0.1, 0.15) is 0 Å². The van der Waals surface area contributed by atoms with Crippen molar-refractivity contribution in [1.82, 2.24) is 9.21 Å². The van der Waals surface area contributed by atoms with E-state index < -0.39 is 19.9 Å². The van der Waals surface area contributed by atoms with Gasteiger partial charge in [0.25, 0.3) is 0 Å². The van der Waals surface area contributed by atoms with Crippen molar-refractivity contribution >= 4 is 31.5 Å². The Morgan fingerprint density at radius 1 is 1.12 bits per heavy atom. The molecule has 0 atom stereocenters. The second kappa shape index (κ2) is 8.47. The Hall–Kier alpha value is -1.49. The quantitative estimate of drug-likeness (QED) is 0.706. The Morgan fingerprint density at radius 3 is 2.15 bits per heavy atom. The molecule has 1 fully saturated rings. The highest BCUT2D eigenvalue weighted by Gasteiger charge is 2.23. The summed E-state index contributed by atoms with van der Waals surface area (Å²) in [5, 5.41) is 2.71. The number of rotatable bonds is 7. The number of carbonyl (C=O) groups excluding carboxylic acids is 1. The van der Waals surface area contributed by atoms with Gasteiger partial charge in [-0.2, -0.15) is 4.31 Å². The van der Waals surface area contributed by atoms with Crippen LogP contribution in [-0.2, 0) is 24.7 Å². The van der Waals surface area contributed by atoms with Crippen LogP contribution in [0.15, 0.2) is 29.2 Å². The third-order valence-corrected chi connectivity index (χ3v) is 7.96. The first-order chi connectivity index (χ1) is 12.2. The van der Waals surface area contributed by atoms with E-state index in [4.69, 9.17) is 0 Å². The smallest absolute Gasteiger partial charge is 0.243 e. The summed E-state index contributed by atoms with van der Waals surface area (Å²) < 4.78 is 49.0. The van der Waals surface area contributed by atoms with Crippen LogP contribution in [0.5, 0.6) is 0 Å². The van der Waals surface area contributed by atoms with Crippen LogP contribution >= 0.6 is 0 Å². The Bertz CT molecular complexity index is 817. The van der Waals surface area contributed by atoms with Gasteiger partial charge in [-0.15, -0.1) is 0 Å². The van der Waals surface area contributed by atoms with E-state index in [2.05, 4.69) is 5.32 Å². The third kappa shape index (κ3) is 5.26. The fourth-order valence-corrected chi connectivity index (χ4v) is 5.47. The van der Waals surface area contributed by atoms with Gasteiger partial charge in [-0.3, -0.25) is 9.69 Å². The lowest BCUT2D eigenvalue weighted by atomic mass is 10.3. The zero-order valence-electron chi connectivity index (χ0n) is 15.0. The number of carbonyl (C=O) groups is 1. The summed E-state index contributed by atoms with van der Waals surface area (Å²) in [4.78, 5) is 14.1. The van der Waals surface area contributed by atoms with Crippen molar-refractivity contribution in [2.24, 2.45) is 0 Å². The summed E-state index contributed by atoms with van der Waals surface area (Å²) in [6.45, 7) is 5.14. The predicted octanol–water partition coefficient (Wildman–Crippen LogP) is 0.386. The van der Waals surface area contributed by atoms with Crippen LogP contribution < -0.4 is 5.32 Å². The van der Waals surface area contributed by atoms with Crippen molar-refractivity contribution < 1.29 is 21.6 Å². The molecule has 1 aromatic rings. The average molecular weight is 404 g/mol. The lowest BCUT2D eigenvalue weighted by molar-refractivity contribution is -0.117. The highest BCUT2D eigenvalue weighted by Crippen LogP contribution is 2.18. The fourth-order valence-electron chi connectivity index (χ4n) is 2.73. The van der Waals surface area contributed by atoms with Crippen molar-refractivity contribution in [1.29, 1.82) is 0 Å². The maximum absolute atomic E-state index is 12.4. The van der Waals surface area contributed by atoms with Crippen molar-refractivity contribution in [2.45, 2.75) is 18.7 Å².